The third-order valence-electron chi connectivity index (χ3n) is 4.58. The van der Waals surface area contributed by atoms with Crippen molar-refractivity contribution >= 4 is 23.7 Å². The predicted molar refractivity (Wildman–Crippen MR) is 110 cm³/mol. The van der Waals surface area contributed by atoms with Crippen LogP contribution >= 0.6 is 0 Å². The second kappa shape index (κ2) is 10.8. The Bertz CT molecular complexity index is 897. The van der Waals surface area contributed by atoms with Crippen LogP contribution < -0.4 is 16.4 Å². The van der Waals surface area contributed by atoms with Gasteiger partial charge < -0.3 is 21.5 Å². The Morgan fingerprint density at radius 2 is 1.47 bits per heavy atom. The molecule has 0 unspecified atom stereocenters. The van der Waals surface area contributed by atoms with Gasteiger partial charge in [-0.2, -0.15) is 0 Å². The predicted octanol–water partition coefficient (Wildman–Crippen LogP) is 1.56. The maximum Gasteiger partial charge on any atom is 0.335 e. The van der Waals surface area contributed by atoms with Crippen molar-refractivity contribution in [3.05, 3.63) is 71.3 Å². The molecule has 3 amide bonds. The molecule has 8 heteroatoms. The van der Waals surface area contributed by atoms with Gasteiger partial charge in [0.25, 0.3) is 0 Å². The zero-order chi connectivity index (χ0) is 22.1. The fourth-order valence-corrected chi connectivity index (χ4v) is 2.87. The first kappa shape index (κ1) is 22.6. The van der Waals surface area contributed by atoms with E-state index in [2.05, 4.69) is 10.6 Å². The van der Waals surface area contributed by atoms with E-state index in [4.69, 9.17) is 10.8 Å². The van der Waals surface area contributed by atoms with E-state index in [0.29, 0.717) is 5.56 Å². The molecule has 0 aliphatic heterocycles. The molecule has 0 saturated heterocycles. The van der Waals surface area contributed by atoms with Crippen molar-refractivity contribution in [2.75, 3.05) is 0 Å². The third-order valence-corrected chi connectivity index (χ3v) is 4.58. The lowest BCUT2D eigenvalue weighted by atomic mass is 10.0. The average Bonchev–Trinajstić information content (AvgIpc) is 2.72. The smallest absolute Gasteiger partial charge is 0.335 e. The first-order valence-electron chi connectivity index (χ1n) is 9.51. The van der Waals surface area contributed by atoms with E-state index in [9.17, 15) is 19.2 Å². The van der Waals surface area contributed by atoms with Gasteiger partial charge in [0.05, 0.1) is 11.6 Å². The summed E-state index contributed by atoms with van der Waals surface area (Å²) in [5.74, 6) is -2.51. The van der Waals surface area contributed by atoms with Crippen LogP contribution in [0, 0.1) is 0 Å². The summed E-state index contributed by atoms with van der Waals surface area (Å²) in [5, 5.41) is 14.3. The van der Waals surface area contributed by atoms with Gasteiger partial charge in [0.15, 0.2) is 0 Å². The molecule has 0 aromatic heterocycles. The first-order chi connectivity index (χ1) is 14.3. The highest BCUT2D eigenvalue weighted by Gasteiger charge is 2.20. The van der Waals surface area contributed by atoms with Crippen LogP contribution in [0.5, 0.6) is 0 Å². The molecule has 0 saturated carbocycles. The maximum atomic E-state index is 12.2. The van der Waals surface area contributed by atoms with Gasteiger partial charge in [-0.25, -0.2) is 4.79 Å². The average molecular weight is 411 g/mol. The molecule has 158 valence electrons. The number of nitrogens with one attached hydrogen (secondary N) is 2. The van der Waals surface area contributed by atoms with Crippen molar-refractivity contribution in [1.82, 2.24) is 10.6 Å². The lowest BCUT2D eigenvalue weighted by molar-refractivity contribution is -0.129. The molecule has 0 heterocycles. The highest BCUT2D eigenvalue weighted by Crippen LogP contribution is 2.11. The van der Waals surface area contributed by atoms with Crippen LogP contribution in [0.25, 0.3) is 0 Å². The molecule has 30 heavy (non-hydrogen) atoms. The van der Waals surface area contributed by atoms with E-state index in [1.807, 2.05) is 37.3 Å². The Labute approximate surface area is 174 Å². The Morgan fingerprint density at radius 3 is 2.00 bits per heavy atom. The number of rotatable bonds is 10. The Kier molecular flexibility index (Phi) is 8.10. The van der Waals surface area contributed by atoms with Gasteiger partial charge in [-0.3, -0.25) is 14.4 Å². The third kappa shape index (κ3) is 7.05. The summed E-state index contributed by atoms with van der Waals surface area (Å²) < 4.78 is 0. The molecule has 0 bridgehead atoms. The number of hydrogen-bond acceptors (Lipinski definition) is 4. The van der Waals surface area contributed by atoms with E-state index >= 15 is 0 Å². The summed E-state index contributed by atoms with van der Waals surface area (Å²) in [6.45, 7) is 1.85. The summed E-state index contributed by atoms with van der Waals surface area (Å²) in [4.78, 5) is 46.9. The number of hydrogen-bond donors (Lipinski definition) is 4. The normalized spacial score (nSPS) is 12.4. The number of nitrogens with two attached hydrogens (primary N) is 1. The van der Waals surface area contributed by atoms with Gasteiger partial charge in [-0.1, -0.05) is 42.5 Å². The van der Waals surface area contributed by atoms with Crippen molar-refractivity contribution in [2.45, 2.75) is 38.3 Å². The van der Waals surface area contributed by atoms with Gasteiger partial charge in [-0.15, -0.1) is 0 Å². The van der Waals surface area contributed by atoms with E-state index in [1.54, 1.807) is 12.1 Å². The van der Waals surface area contributed by atoms with Gasteiger partial charge >= 0.3 is 5.97 Å². The van der Waals surface area contributed by atoms with E-state index < -0.39 is 23.8 Å². The van der Waals surface area contributed by atoms with E-state index in [1.165, 1.54) is 12.1 Å². The number of aromatic carboxylic acids is 1. The standard InChI is InChI=1S/C22H25N3O5/c1-14(16-5-3-2-4-6-16)24-19(26)11-12-20(27)25-18(21(23)28)13-15-7-9-17(10-8-15)22(29)30/h2-10,14,18H,11-13H2,1H3,(H2,23,28)(H,24,26)(H,25,27)(H,29,30)/t14-,18-/m1/s1. The molecule has 2 rings (SSSR count). The van der Waals surface area contributed by atoms with Gasteiger partial charge in [0.1, 0.15) is 6.04 Å². The van der Waals surface area contributed by atoms with E-state index in [0.717, 1.165) is 5.56 Å². The molecular weight excluding hydrogens is 386 g/mol. The highest BCUT2D eigenvalue weighted by molar-refractivity contribution is 5.89. The fourth-order valence-electron chi connectivity index (χ4n) is 2.87. The quantitative estimate of drug-likeness (QED) is 0.470. The van der Waals surface area contributed by atoms with Crippen LogP contribution in [0.1, 0.15) is 47.3 Å². The topological polar surface area (TPSA) is 139 Å². The number of benzene rings is 2. The number of carbonyl (C=O) groups is 4. The number of carbonyl (C=O) groups excluding carboxylic acids is 3. The van der Waals surface area contributed by atoms with Crippen molar-refractivity contribution in [3.63, 3.8) is 0 Å². The molecular formula is C22H25N3O5. The zero-order valence-corrected chi connectivity index (χ0v) is 16.6. The lowest BCUT2D eigenvalue weighted by Crippen LogP contribution is -2.46. The maximum absolute atomic E-state index is 12.2. The zero-order valence-electron chi connectivity index (χ0n) is 16.6. The molecule has 0 fully saturated rings. The Hall–Kier alpha value is -3.68. The minimum atomic E-state index is -1.05. The SMILES string of the molecule is C[C@@H](NC(=O)CCC(=O)N[C@H](Cc1ccc(C(=O)O)cc1)C(N)=O)c1ccccc1. The van der Waals surface area contributed by atoms with Crippen LogP contribution in [0.2, 0.25) is 0 Å². The number of primary amides is 1. The first-order valence-corrected chi connectivity index (χ1v) is 9.51. The minimum absolute atomic E-state index is 0.0260. The van der Waals surface area contributed by atoms with E-state index in [-0.39, 0.29) is 36.8 Å². The van der Waals surface area contributed by atoms with Gasteiger partial charge in [0, 0.05) is 19.3 Å². The molecule has 2 atom stereocenters. The molecule has 5 N–H and O–H groups in total. The Morgan fingerprint density at radius 1 is 0.900 bits per heavy atom. The summed E-state index contributed by atoms with van der Waals surface area (Å²) in [7, 11) is 0. The van der Waals surface area contributed by atoms with Crippen molar-refractivity contribution in [2.24, 2.45) is 5.73 Å². The number of carboxylic acid groups (broad SMARTS) is 1. The summed E-state index contributed by atoms with van der Waals surface area (Å²) >= 11 is 0. The molecule has 0 aliphatic rings. The molecule has 0 radical (unpaired) electrons. The van der Waals surface area contributed by atoms with Crippen molar-refractivity contribution in [3.8, 4) is 0 Å². The second-order valence-electron chi connectivity index (χ2n) is 6.93. The highest BCUT2D eigenvalue weighted by atomic mass is 16.4. The second-order valence-corrected chi connectivity index (χ2v) is 6.93. The largest absolute Gasteiger partial charge is 0.478 e. The van der Waals surface area contributed by atoms with Crippen LogP contribution in [0.15, 0.2) is 54.6 Å². The van der Waals surface area contributed by atoms with Crippen LogP contribution in [-0.2, 0) is 20.8 Å². The molecule has 0 spiro atoms. The van der Waals surface area contributed by atoms with Crippen molar-refractivity contribution < 1.29 is 24.3 Å². The lowest BCUT2D eigenvalue weighted by Gasteiger charge is -2.17. The van der Waals surface area contributed by atoms with Gasteiger partial charge in [0.2, 0.25) is 17.7 Å². The fraction of sp³-hybridized carbons (Fsp3) is 0.273. The van der Waals surface area contributed by atoms with Crippen LogP contribution in [0.3, 0.4) is 0 Å². The molecule has 2 aromatic carbocycles. The summed E-state index contributed by atoms with van der Waals surface area (Å²) in [6.07, 6.45) is 0.00901. The minimum Gasteiger partial charge on any atom is -0.478 e. The molecule has 0 aliphatic carbocycles. The number of amides is 3. The molecule has 2 aromatic rings. The summed E-state index contributed by atoms with van der Waals surface area (Å²) in [6, 6.07) is 14.2. The monoisotopic (exact) mass is 411 g/mol. The van der Waals surface area contributed by atoms with Crippen molar-refractivity contribution in [1.29, 1.82) is 0 Å². The van der Waals surface area contributed by atoms with Crippen LogP contribution in [-0.4, -0.2) is 34.8 Å². The number of carboxylic acids is 1. The van der Waals surface area contributed by atoms with Crippen LogP contribution in [0.4, 0.5) is 0 Å². The van der Waals surface area contributed by atoms with Gasteiger partial charge in [-0.05, 0) is 30.2 Å². The summed E-state index contributed by atoms with van der Waals surface area (Å²) in [5.41, 5.74) is 7.10. The Balaban J connectivity index is 1.83. The molecule has 8 nitrogen and oxygen atoms in total.